The first kappa shape index (κ1) is 12.2. The Balaban J connectivity index is 2.02. The molecule has 0 saturated heterocycles. The van der Waals surface area contributed by atoms with Crippen molar-refractivity contribution in [1.29, 1.82) is 0 Å². The van der Waals surface area contributed by atoms with Gasteiger partial charge in [-0.15, -0.1) is 11.3 Å². The summed E-state index contributed by atoms with van der Waals surface area (Å²) in [6.07, 6.45) is 3.30. The minimum Gasteiger partial charge on any atom is -0.384 e. The first-order valence-corrected chi connectivity index (χ1v) is 6.47. The van der Waals surface area contributed by atoms with Crippen LogP contribution in [0.2, 0.25) is 0 Å². The zero-order valence-electron chi connectivity index (χ0n) is 9.75. The van der Waals surface area contributed by atoms with E-state index in [0.29, 0.717) is 4.88 Å². The SMILES string of the molecule is CC1(NC(=O)c2ccc(C#CCO)s2)CCC1. The molecule has 0 aromatic carbocycles. The topological polar surface area (TPSA) is 49.3 Å². The highest BCUT2D eigenvalue weighted by Gasteiger charge is 2.33. The summed E-state index contributed by atoms with van der Waals surface area (Å²) >= 11 is 1.36. The third-order valence-electron chi connectivity index (χ3n) is 2.99. The second-order valence-electron chi connectivity index (χ2n) is 4.49. The highest BCUT2D eigenvalue weighted by molar-refractivity contribution is 7.14. The van der Waals surface area contributed by atoms with Crippen molar-refractivity contribution >= 4 is 17.2 Å². The molecule has 1 heterocycles. The van der Waals surface area contributed by atoms with Crippen molar-refractivity contribution in [2.24, 2.45) is 0 Å². The Hall–Kier alpha value is -1.31. The fraction of sp³-hybridized carbons (Fsp3) is 0.462. The maximum absolute atomic E-state index is 11.9. The average molecular weight is 249 g/mol. The van der Waals surface area contributed by atoms with Gasteiger partial charge in [0.05, 0.1) is 9.75 Å². The van der Waals surface area contributed by atoms with Crippen molar-refractivity contribution in [3.8, 4) is 11.8 Å². The Morgan fingerprint density at radius 3 is 2.94 bits per heavy atom. The third kappa shape index (κ3) is 2.87. The third-order valence-corrected chi connectivity index (χ3v) is 3.99. The van der Waals surface area contributed by atoms with Gasteiger partial charge in [-0.1, -0.05) is 11.8 Å². The fourth-order valence-corrected chi connectivity index (χ4v) is 2.60. The standard InChI is InChI=1S/C13H15NO2S/c1-13(7-3-8-13)14-12(16)11-6-5-10(17-11)4-2-9-15/h5-6,15H,3,7-9H2,1H3,(H,14,16). The zero-order valence-corrected chi connectivity index (χ0v) is 10.6. The fourth-order valence-electron chi connectivity index (χ4n) is 1.82. The van der Waals surface area contributed by atoms with E-state index in [1.807, 2.05) is 6.07 Å². The summed E-state index contributed by atoms with van der Waals surface area (Å²) in [5.41, 5.74) is -0.0159. The van der Waals surface area contributed by atoms with Crippen molar-refractivity contribution in [2.45, 2.75) is 31.7 Å². The summed E-state index contributed by atoms with van der Waals surface area (Å²) < 4.78 is 0. The summed E-state index contributed by atoms with van der Waals surface area (Å²) in [4.78, 5) is 13.4. The lowest BCUT2D eigenvalue weighted by Gasteiger charge is -2.38. The van der Waals surface area contributed by atoms with Crippen LogP contribution in [0.1, 0.15) is 40.7 Å². The van der Waals surface area contributed by atoms with E-state index in [1.165, 1.54) is 17.8 Å². The number of nitrogens with one attached hydrogen (secondary N) is 1. The van der Waals surface area contributed by atoms with Gasteiger partial charge in [-0.05, 0) is 38.3 Å². The van der Waals surface area contributed by atoms with Crippen LogP contribution >= 0.6 is 11.3 Å². The monoisotopic (exact) mass is 249 g/mol. The van der Waals surface area contributed by atoms with Crippen LogP contribution in [0.5, 0.6) is 0 Å². The van der Waals surface area contributed by atoms with Crippen molar-refractivity contribution in [1.82, 2.24) is 5.32 Å². The van der Waals surface area contributed by atoms with Gasteiger partial charge in [0.1, 0.15) is 6.61 Å². The number of hydrogen-bond donors (Lipinski definition) is 2. The van der Waals surface area contributed by atoms with E-state index in [1.54, 1.807) is 6.07 Å². The minimum atomic E-state index is -0.155. The number of carbonyl (C=O) groups is 1. The normalized spacial score (nSPS) is 16.6. The molecule has 1 aromatic rings. The molecule has 0 spiro atoms. The first-order chi connectivity index (χ1) is 8.13. The summed E-state index contributed by atoms with van der Waals surface area (Å²) in [6, 6.07) is 3.59. The molecule has 2 N–H and O–H groups in total. The van der Waals surface area contributed by atoms with Crippen LogP contribution in [0.15, 0.2) is 12.1 Å². The second-order valence-corrected chi connectivity index (χ2v) is 5.58. The lowest BCUT2D eigenvalue weighted by atomic mass is 9.78. The largest absolute Gasteiger partial charge is 0.384 e. The number of aliphatic hydroxyl groups excluding tert-OH is 1. The van der Waals surface area contributed by atoms with E-state index in [-0.39, 0.29) is 18.1 Å². The van der Waals surface area contributed by atoms with Crippen molar-refractivity contribution in [3.63, 3.8) is 0 Å². The van der Waals surface area contributed by atoms with Crippen LogP contribution in [0.3, 0.4) is 0 Å². The zero-order chi connectivity index (χ0) is 12.3. The molecule has 4 heteroatoms. The molecule has 0 atom stereocenters. The predicted octanol–water partition coefficient (Wildman–Crippen LogP) is 1.76. The maximum Gasteiger partial charge on any atom is 0.261 e. The first-order valence-electron chi connectivity index (χ1n) is 5.65. The molecule has 1 aromatic heterocycles. The number of aliphatic hydroxyl groups is 1. The van der Waals surface area contributed by atoms with E-state index < -0.39 is 0 Å². The number of amides is 1. The Morgan fingerprint density at radius 2 is 2.35 bits per heavy atom. The maximum atomic E-state index is 11.9. The van der Waals surface area contributed by atoms with Crippen molar-refractivity contribution in [3.05, 3.63) is 21.9 Å². The number of carbonyl (C=O) groups excluding carboxylic acids is 1. The molecule has 90 valence electrons. The van der Waals surface area contributed by atoms with E-state index in [4.69, 9.17) is 5.11 Å². The molecule has 1 fully saturated rings. The molecule has 1 aliphatic carbocycles. The molecule has 0 aliphatic heterocycles. The molecule has 1 amide bonds. The Bertz CT molecular complexity index is 477. The van der Waals surface area contributed by atoms with E-state index in [2.05, 4.69) is 24.1 Å². The summed E-state index contributed by atoms with van der Waals surface area (Å²) in [6.45, 7) is 1.92. The van der Waals surface area contributed by atoms with Crippen molar-refractivity contribution in [2.75, 3.05) is 6.61 Å². The summed E-state index contributed by atoms with van der Waals surface area (Å²) in [5, 5.41) is 11.6. The smallest absolute Gasteiger partial charge is 0.261 e. The molecule has 1 saturated carbocycles. The summed E-state index contributed by atoms with van der Waals surface area (Å²) in [5.74, 6) is 5.35. The van der Waals surface area contributed by atoms with Gasteiger partial charge in [0.25, 0.3) is 5.91 Å². The van der Waals surface area contributed by atoms with Gasteiger partial charge in [0, 0.05) is 5.54 Å². The lowest BCUT2D eigenvalue weighted by Crippen LogP contribution is -2.50. The van der Waals surface area contributed by atoms with Crippen molar-refractivity contribution < 1.29 is 9.90 Å². The molecule has 0 unspecified atom stereocenters. The summed E-state index contributed by atoms with van der Waals surface area (Å²) in [7, 11) is 0. The van der Waals surface area contributed by atoms with Crippen LogP contribution in [-0.4, -0.2) is 23.2 Å². The lowest BCUT2D eigenvalue weighted by molar-refractivity contribution is 0.0854. The van der Waals surface area contributed by atoms with Gasteiger partial charge in [-0.3, -0.25) is 4.79 Å². The van der Waals surface area contributed by atoms with Gasteiger partial charge in [0.15, 0.2) is 0 Å². The van der Waals surface area contributed by atoms with Gasteiger partial charge >= 0.3 is 0 Å². The van der Waals surface area contributed by atoms with Crippen LogP contribution in [-0.2, 0) is 0 Å². The van der Waals surface area contributed by atoms with Gasteiger partial charge in [0.2, 0.25) is 0 Å². The highest BCUT2D eigenvalue weighted by Crippen LogP contribution is 2.31. The Morgan fingerprint density at radius 1 is 1.59 bits per heavy atom. The number of rotatable bonds is 2. The second kappa shape index (κ2) is 4.91. The van der Waals surface area contributed by atoms with Crippen LogP contribution in [0, 0.1) is 11.8 Å². The van der Waals surface area contributed by atoms with E-state index in [9.17, 15) is 4.79 Å². The van der Waals surface area contributed by atoms with Crippen LogP contribution in [0.4, 0.5) is 0 Å². The number of hydrogen-bond acceptors (Lipinski definition) is 3. The quantitative estimate of drug-likeness (QED) is 0.785. The molecule has 2 rings (SSSR count). The Kier molecular flexibility index (Phi) is 3.51. The highest BCUT2D eigenvalue weighted by atomic mass is 32.1. The van der Waals surface area contributed by atoms with Gasteiger partial charge < -0.3 is 10.4 Å². The molecular formula is C13H15NO2S. The molecule has 3 nitrogen and oxygen atoms in total. The predicted molar refractivity (Wildman–Crippen MR) is 68.0 cm³/mol. The minimum absolute atomic E-state index is 0.0159. The van der Waals surface area contributed by atoms with Crippen LogP contribution in [0.25, 0.3) is 0 Å². The Labute approximate surface area is 105 Å². The molecule has 17 heavy (non-hydrogen) atoms. The van der Waals surface area contributed by atoms with Crippen LogP contribution < -0.4 is 5.32 Å². The van der Waals surface area contributed by atoms with E-state index >= 15 is 0 Å². The molecule has 0 bridgehead atoms. The number of thiophene rings is 1. The van der Waals surface area contributed by atoms with E-state index in [0.717, 1.165) is 17.7 Å². The van der Waals surface area contributed by atoms with Gasteiger partial charge in [-0.25, -0.2) is 0 Å². The molecular weight excluding hydrogens is 234 g/mol. The van der Waals surface area contributed by atoms with Gasteiger partial charge in [-0.2, -0.15) is 0 Å². The average Bonchev–Trinajstić information content (AvgIpc) is 2.72. The molecule has 1 aliphatic rings. The molecule has 0 radical (unpaired) electrons.